The summed E-state index contributed by atoms with van der Waals surface area (Å²) in [4.78, 5) is 12.5. The second kappa shape index (κ2) is 5.19. The first-order chi connectivity index (χ1) is 11.2. The molecule has 4 rings (SSSR count). The van der Waals surface area contributed by atoms with Crippen LogP contribution in [0.2, 0.25) is 0 Å². The molecule has 114 valence electrons. The summed E-state index contributed by atoms with van der Waals surface area (Å²) in [7, 11) is 0. The maximum atomic E-state index is 12.5. The number of rotatable bonds is 1. The van der Waals surface area contributed by atoms with Gasteiger partial charge in [0.25, 0.3) is 0 Å². The van der Waals surface area contributed by atoms with Gasteiger partial charge in [-0.25, -0.2) is 0 Å². The summed E-state index contributed by atoms with van der Waals surface area (Å²) in [5.41, 5.74) is 1.74. The molecular formula is C19H14O4. The quantitative estimate of drug-likeness (QED) is 0.725. The molecule has 23 heavy (non-hydrogen) atoms. The minimum atomic E-state index is -1.29. The standard InChI is InChI=1S/C19H14O4/c20-14-10-15(11-6-2-1-3-7-11)23-19-13-9-5-4-8-12(13)17(21)18(22)16(14)19/h1-10,17-18,21-22H/t17-,18-/m1/s1. The molecule has 1 aliphatic carbocycles. The third-order valence-electron chi connectivity index (χ3n) is 4.16. The first kappa shape index (κ1) is 13.9. The molecule has 1 aromatic heterocycles. The van der Waals surface area contributed by atoms with E-state index in [1.54, 1.807) is 18.2 Å². The highest BCUT2D eigenvalue weighted by Crippen LogP contribution is 2.43. The molecule has 1 heterocycles. The van der Waals surface area contributed by atoms with Crippen LogP contribution < -0.4 is 5.43 Å². The van der Waals surface area contributed by atoms with Gasteiger partial charge in [0, 0.05) is 17.2 Å². The van der Waals surface area contributed by atoms with Crippen molar-refractivity contribution in [2.75, 3.05) is 0 Å². The summed E-state index contributed by atoms with van der Waals surface area (Å²) >= 11 is 0. The topological polar surface area (TPSA) is 70.7 Å². The smallest absolute Gasteiger partial charge is 0.192 e. The van der Waals surface area contributed by atoms with E-state index in [4.69, 9.17) is 4.42 Å². The van der Waals surface area contributed by atoms with Crippen LogP contribution in [-0.2, 0) is 0 Å². The Kier molecular flexibility index (Phi) is 3.15. The maximum absolute atomic E-state index is 12.5. The van der Waals surface area contributed by atoms with E-state index in [1.165, 1.54) is 6.07 Å². The Morgan fingerprint density at radius 3 is 2.35 bits per heavy atom. The van der Waals surface area contributed by atoms with E-state index in [-0.39, 0.29) is 11.0 Å². The van der Waals surface area contributed by atoms with Crippen LogP contribution in [0.5, 0.6) is 0 Å². The van der Waals surface area contributed by atoms with Crippen LogP contribution in [0.3, 0.4) is 0 Å². The molecule has 4 nitrogen and oxygen atoms in total. The highest BCUT2D eigenvalue weighted by Gasteiger charge is 2.35. The lowest BCUT2D eigenvalue weighted by Crippen LogP contribution is -2.24. The molecule has 0 aliphatic heterocycles. The maximum Gasteiger partial charge on any atom is 0.192 e. The number of aliphatic hydroxyl groups is 2. The van der Waals surface area contributed by atoms with Crippen LogP contribution in [0, 0.1) is 0 Å². The van der Waals surface area contributed by atoms with Gasteiger partial charge in [-0.15, -0.1) is 0 Å². The fraction of sp³-hybridized carbons (Fsp3) is 0.105. The predicted molar refractivity (Wildman–Crippen MR) is 85.8 cm³/mol. The number of aliphatic hydroxyl groups excluding tert-OH is 2. The van der Waals surface area contributed by atoms with Crippen molar-refractivity contribution in [2.24, 2.45) is 0 Å². The molecule has 2 N–H and O–H groups in total. The van der Waals surface area contributed by atoms with Gasteiger partial charge in [0.15, 0.2) is 5.43 Å². The Balaban J connectivity index is 2.02. The highest BCUT2D eigenvalue weighted by molar-refractivity contribution is 5.71. The van der Waals surface area contributed by atoms with E-state index >= 15 is 0 Å². The van der Waals surface area contributed by atoms with Gasteiger partial charge in [-0.1, -0.05) is 54.6 Å². The van der Waals surface area contributed by atoms with Gasteiger partial charge >= 0.3 is 0 Å². The van der Waals surface area contributed by atoms with E-state index in [2.05, 4.69) is 0 Å². The third-order valence-corrected chi connectivity index (χ3v) is 4.16. The molecule has 0 saturated heterocycles. The van der Waals surface area contributed by atoms with E-state index in [0.717, 1.165) is 5.56 Å². The molecule has 2 atom stereocenters. The fourth-order valence-electron chi connectivity index (χ4n) is 3.02. The van der Waals surface area contributed by atoms with Crippen LogP contribution >= 0.6 is 0 Å². The van der Waals surface area contributed by atoms with Crippen LogP contribution in [0.25, 0.3) is 22.6 Å². The van der Waals surface area contributed by atoms with Crippen molar-refractivity contribution in [2.45, 2.75) is 12.2 Å². The molecule has 0 fully saturated rings. The van der Waals surface area contributed by atoms with Crippen LogP contribution in [0.15, 0.2) is 69.9 Å². The van der Waals surface area contributed by atoms with Crippen molar-refractivity contribution >= 4 is 0 Å². The molecule has 0 amide bonds. The lowest BCUT2D eigenvalue weighted by atomic mass is 9.85. The van der Waals surface area contributed by atoms with Crippen LogP contribution in [0.1, 0.15) is 23.3 Å². The zero-order chi connectivity index (χ0) is 16.0. The summed E-state index contributed by atoms with van der Waals surface area (Å²) < 4.78 is 5.94. The molecule has 2 aromatic carbocycles. The average Bonchev–Trinajstić information content (AvgIpc) is 2.60. The zero-order valence-corrected chi connectivity index (χ0v) is 12.1. The monoisotopic (exact) mass is 306 g/mol. The first-order valence-electron chi connectivity index (χ1n) is 7.35. The SMILES string of the molecule is O=c1cc(-c2ccccc2)oc2c1[C@@H](O)[C@H](O)c1ccccc1-2. The molecule has 1 aliphatic rings. The molecule has 0 spiro atoms. The minimum Gasteiger partial charge on any atom is -0.455 e. The van der Waals surface area contributed by atoms with E-state index in [0.29, 0.717) is 22.6 Å². The minimum absolute atomic E-state index is 0.107. The number of benzene rings is 2. The molecular weight excluding hydrogens is 292 g/mol. The summed E-state index contributed by atoms with van der Waals surface area (Å²) in [6.45, 7) is 0. The first-order valence-corrected chi connectivity index (χ1v) is 7.35. The van der Waals surface area contributed by atoms with Crippen molar-refractivity contribution in [3.63, 3.8) is 0 Å². The summed E-state index contributed by atoms with van der Waals surface area (Å²) in [6, 6.07) is 17.8. The molecule has 0 radical (unpaired) electrons. The Labute approximate surface area is 132 Å². The Hall–Kier alpha value is -2.69. The van der Waals surface area contributed by atoms with Crippen LogP contribution in [0.4, 0.5) is 0 Å². The largest absolute Gasteiger partial charge is 0.455 e. The summed E-state index contributed by atoms with van der Waals surface area (Å²) in [5.74, 6) is 0.762. The Morgan fingerprint density at radius 1 is 0.870 bits per heavy atom. The van der Waals surface area contributed by atoms with Crippen LogP contribution in [-0.4, -0.2) is 10.2 Å². The second-order valence-electron chi connectivity index (χ2n) is 5.56. The number of hydrogen-bond donors (Lipinski definition) is 2. The van der Waals surface area contributed by atoms with E-state index in [1.807, 2.05) is 36.4 Å². The van der Waals surface area contributed by atoms with Gasteiger partial charge in [0.2, 0.25) is 0 Å². The van der Waals surface area contributed by atoms with Gasteiger partial charge in [-0.2, -0.15) is 0 Å². The van der Waals surface area contributed by atoms with Gasteiger partial charge in [-0.05, 0) is 5.56 Å². The van der Waals surface area contributed by atoms with Crippen molar-refractivity contribution in [3.05, 3.63) is 82.0 Å². The third kappa shape index (κ3) is 2.11. The Morgan fingerprint density at radius 2 is 1.57 bits per heavy atom. The molecule has 0 saturated carbocycles. The molecule has 0 bridgehead atoms. The molecule has 4 heteroatoms. The highest BCUT2D eigenvalue weighted by atomic mass is 16.4. The van der Waals surface area contributed by atoms with E-state index < -0.39 is 12.2 Å². The van der Waals surface area contributed by atoms with Gasteiger partial charge in [-0.3, -0.25) is 4.79 Å². The zero-order valence-electron chi connectivity index (χ0n) is 12.1. The average molecular weight is 306 g/mol. The predicted octanol–water partition coefficient (Wildman–Crippen LogP) is 3.05. The second-order valence-corrected chi connectivity index (χ2v) is 5.56. The van der Waals surface area contributed by atoms with E-state index in [9.17, 15) is 15.0 Å². The molecule has 3 aromatic rings. The fourth-order valence-corrected chi connectivity index (χ4v) is 3.02. The lowest BCUT2D eigenvalue weighted by Gasteiger charge is -2.27. The number of fused-ring (bicyclic) bond motifs is 3. The summed E-state index contributed by atoms with van der Waals surface area (Å²) in [5, 5.41) is 20.6. The van der Waals surface area contributed by atoms with Crippen molar-refractivity contribution < 1.29 is 14.6 Å². The van der Waals surface area contributed by atoms with Gasteiger partial charge < -0.3 is 14.6 Å². The van der Waals surface area contributed by atoms with Gasteiger partial charge in [0.1, 0.15) is 23.7 Å². The van der Waals surface area contributed by atoms with Gasteiger partial charge in [0.05, 0.1) is 5.56 Å². The Bertz CT molecular complexity index is 928. The number of hydrogen-bond acceptors (Lipinski definition) is 4. The van der Waals surface area contributed by atoms with Crippen molar-refractivity contribution in [1.29, 1.82) is 0 Å². The van der Waals surface area contributed by atoms with Crippen molar-refractivity contribution in [3.8, 4) is 22.6 Å². The summed E-state index contributed by atoms with van der Waals surface area (Å²) in [6.07, 6.45) is -2.43. The normalized spacial score (nSPS) is 19.0. The lowest BCUT2D eigenvalue weighted by molar-refractivity contribution is 0.0137. The molecule has 0 unspecified atom stereocenters. The van der Waals surface area contributed by atoms with Crippen molar-refractivity contribution in [1.82, 2.24) is 0 Å².